The smallest absolute Gasteiger partial charge is 0.211 e. The van der Waals surface area contributed by atoms with Crippen LogP contribution in [0, 0.1) is 0 Å². The molecule has 43 heavy (non-hydrogen) atoms. The summed E-state index contributed by atoms with van der Waals surface area (Å²) in [4.78, 5) is 0.138. The van der Waals surface area contributed by atoms with Crippen LogP contribution in [0.5, 0.6) is 0 Å². The fourth-order valence-corrected chi connectivity index (χ4v) is 7.94. The van der Waals surface area contributed by atoms with Gasteiger partial charge in [0.15, 0.2) is 0 Å². The van der Waals surface area contributed by atoms with Crippen molar-refractivity contribution >= 4 is 40.6 Å². The maximum Gasteiger partial charge on any atom is 0.311 e. The van der Waals surface area contributed by atoms with Crippen LogP contribution in [-0.2, 0) is 47.0 Å². The van der Waals surface area contributed by atoms with E-state index in [9.17, 15) is 33.7 Å². The zero-order chi connectivity index (χ0) is 31.3. The van der Waals surface area contributed by atoms with Crippen molar-refractivity contribution in [1.82, 2.24) is 13.7 Å². The third kappa shape index (κ3) is 10.9. The highest BCUT2D eigenvalue weighted by Crippen LogP contribution is 2.18. The number of nitrogens with zero attached hydrogens (tertiary/aromatic N) is 2. The number of hydrogen-bond acceptors (Lipinski definition) is 9. The van der Waals surface area contributed by atoms with Crippen LogP contribution in [0.25, 0.3) is 0 Å². The molecule has 0 aromatic heterocycles. The molecule has 234 valence electrons. The van der Waals surface area contributed by atoms with E-state index in [-0.39, 0.29) is 53.8 Å². The Bertz CT molecular complexity index is 1780. The van der Waals surface area contributed by atoms with E-state index in [0.717, 1.165) is 9.87 Å². The Labute approximate surface area is 255 Å². The van der Waals surface area contributed by atoms with Crippen molar-refractivity contribution in [3.05, 3.63) is 90.5 Å². The predicted molar refractivity (Wildman–Crippen MR) is 162 cm³/mol. The summed E-state index contributed by atoms with van der Waals surface area (Å²) in [5.74, 6) is 0. The van der Waals surface area contributed by atoms with Gasteiger partial charge in [-0.1, -0.05) is 48.5 Å². The second-order valence-corrected chi connectivity index (χ2v) is 15.5. The molecule has 0 aliphatic rings. The Morgan fingerprint density at radius 1 is 0.605 bits per heavy atom. The van der Waals surface area contributed by atoms with Gasteiger partial charge < -0.3 is 0 Å². The monoisotopic (exact) mass is 670 g/mol. The van der Waals surface area contributed by atoms with Crippen LogP contribution in [0.15, 0.2) is 104 Å². The van der Waals surface area contributed by atoms with Gasteiger partial charge in [0.1, 0.15) is 0 Å². The molecule has 0 heterocycles. The summed E-state index contributed by atoms with van der Waals surface area (Å²) in [6.45, 7) is -0.314. The largest absolute Gasteiger partial charge is 0.311 e. The number of hydrogen-bond donors (Lipinski definition) is 2. The molecule has 0 aliphatic heterocycles. The summed E-state index contributed by atoms with van der Waals surface area (Å²) in [5.41, 5.74) is 0.861. The molecule has 0 saturated carbocycles. The maximum atomic E-state index is 13.6. The van der Waals surface area contributed by atoms with E-state index in [2.05, 4.69) is 13.8 Å². The van der Waals surface area contributed by atoms with Gasteiger partial charge in [0, 0.05) is 26.2 Å². The molecule has 0 spiro atoms. The second kappa shape index (κ2) is 16.2. The van der Waals surface area contributed by atoms with Crippen molar-refractivity contribution in [2.24, 2.45) is 4.36 Å². The van der Waals surface area contributed by atoms with Crippen LogP contribution in [-0.4, -0.2) is 70.7 Å². The molecule has 0 unspecified atom stereocenters. The summed E-state index contributed by atoms with van der Waals surface area (Å²) in [7, 11) is -14.2. The van der Waals surface area contributed by atoms with E-state index in [1.54, 1.807) is 48.5 Å². The van der Waals surface area contributed by atoms with E-state index in [1.165, 1.54) is 36.4 Å². The van der Waals surface area contributed by atoms with Gasteiger partial charge in [-0.05, 0) is 67.6 Å². The quantitative estimate of drug-likeness (QED) is 0.194. The SMILES string of the molecule is O=S(=O)=NCCCCc1ccc(S(=O)(=O)N(CCCNS(=O)(=O)c2ccccc2)CCNS(=O)(=O)c2ccccc2)cc1. The Balaban J connectivity index is 1.68. The number of sulfonamides is 3. The molecular formula is C27H34N4O8S4. The fourth-order valence-electron chi connectivity index (χ4n) is 4.04. The summed E-state index contributed by atoms with van der Waals surface area (Å²) in [6.07, 6.45) is 1.97. The molecule has 3 aromatic rings. The van der Waals surface area contributed by atoms with Gasteiger partial charge >= 0.3 is 10.5 Å². The highest BCUT2D eigenvalue weighted by atomic mass is 32.2. The second-order valence-electron chi connectivity index (χ2n) is 9.35. The third-order valence-corrected chi connectivity index (χ3v) is 11.5. The molecule has 0 bridgehead atoms. The van der Waals surface area contributed by atoms with Crippen molar-refractivity contribution in [3.63, 3.8) is 0 Å². The van der Waals surface area contributed by atoms with Crippen molar-refractivity contribution in [1.29, 1.82) is 0 Å². The topological polar surface area (TPSA) is 176 Å². The molecule has 0 amide bonds. The lowest BCUT2D eigenvalue weighted by Gasteiger charge is -2.23. The molecule has 0 atom stereocenters. The summed E-state index contributed by atoms with van der Waals surface area (Å²) in [6, 6.07) is 21.7. The Hall–Kier alpha value is -2.99. The molecule has 0 saturated heterocycles. The average molecular weight is 671 g/mol. The van der Waals surface area contributed by atoms with E-state index in [0.29, 0.717) is 19.3 Å². The van der Waals surface area contributed by atoms with Crippen LogP contribution in [0.4, 0.5) is 0 Å². The van der Waals surface area contributed by atoms with E-state index in [4.69, 9.17) is 0 Å². The minimum absolute atomic E-state index is 0.00350. The van der Waals surface area contributed by atoms with Crippen LogP contribution in [0.1, 0.15) is 24.8 Å². The minimum atomic E-state index is -4.07. The molecule has 0 fully saturated rings. The molecule has 2 N–H and O–H groups in total. The summed E-state index contributed by atoms with van der Waals surface area (Å²) < 4.78 is 108. The average Bonchev–Trinajstić information content (AvgIpc) is 2.99. The third-order valence-electron chi connectivity index (χ3n) is 6.27. The summed E-state index contributed by atoms with van der Waals surface area (Å²) >= 11 is 0. The zero-order valence-electron chi connectivity index (χ0n) is 23.2. The Morgan fingerprint density at radius 2 is 1.14 bits per heavy atom. The molecule has 16 heteroatoms. The van der Waals surface area contributed by atoms with Gasteiger partial charge in [-0.15, -0.1) is 0 Å². The van der Waals surface area contributed by atoms with Gasteiger partial charge in [0.2, 0.25) is 30.1 Å². The first-order chi connectivity index (χ1) is 20.4. The molecule has 3 aromatic carbocycles. The molecule has 0 aliphatic carbocycles. The molecule has 3 rings (SSSR count). The van der Waals surface area contributed by atoms with Crippen molar-refractivity contribution in [2.75, 3.05) is 32.7 Å². The van der Waals surface area contributed by atoms with E-state index >= 15 is 0 Å². The van der Waals surface area contributed by atoms with Crippen molar-refractivity contribution in [3.8, 4) is 0 Å². The van der Waals surface area contributed by atoms with Gasteiger partial charge in [-0.25, -0.2) is 34.7 Å². The first-order valence-electron chi connectivity index (χ1n) is 13.4. The van der Waals surface area contributed by atoms with Crippen LogP contribution < -0.4 is 9.44 Å². The highest BCUT2D eigenvalue weighted by molar-refractivity contribution is 7.90. The number of rotatable bonds is 18. The van der Waals surface area contributed by atoms with Gasteiger partial charge in [0.25, 0.3) is 0 Å². The van der Waals surface area contributed by atoms with E-state index < -0.39 is 40.6 Å². The molecular weight excluding hydrogens is 637 g/mol. The number of aryl methyl sites for hydroxylation is 1. The maximum absolute atomic E-state index is 13.6. The Morgan fingerprint density at radius 3 is 1.67 bits per heavy atom. The summed E-state index contributed by atoms with van der Waals surface area (Å²) in [5, 5.41) is 0. The van der Waals surface area contributed by atoms with Crippen molar-refractivity contribution < 1.29 is 33.7 Å². The predicted octanol–water partition coefficient (Wildman–Crippen LogP) is 2.41. The molecule has 12 nitrogen and oxygen atoms in total. The van der Waals surface area contributed by atoms with Gasteiger partial charge in [-0.2, -0.15) is 17.1 Å². The lowest BCUT2D eigenvalue weighted by molar-refractivity contribution is 0.406. The zero-order valence-corrected chi connectivity index (χ0v) is 26.5. The lowest BCUT2D eigenvalue weighted by Crippen LogP contribution is -2.40. The fraction of sp³-hybridized carbons (Fsp3) is 0.333. The number of unbranched alkanes of at least 4 members (excludes halogenated alkanes) is 1. The van der Waals surface area contributed by atoms with Crippen LogP contribution >= 0.6 is 0 Å². The van der Waals surface area contributed by atoms with Crippen LogP contribution in [0.3, 0.4) is 0 Å². The highest BCUT2D eigenvalue weighted by Gasteiger charge is 2.25. The number of nitrogens with one attached hydrogen (secondary N) is 2. The first-order valence-corrected chi connectivity index (χ1v) is 18.8. The number of benzene rings is 3. The minimum Gasteiger partial charge on any atom is -0.211 e. The molecule has 0 radical (unpaired) electrons. The first kappa shape index (κ1) is 34.5. The van der Waals surface area contributed by atoms with Crippen LogP contribution in [0.2, 0.25) is 0 Å². The van der Waals surface area contributed by atoms with Crippen molar-refractivity contribution in [2.45, 2.75) is 40.4 Å². The Kier molecular flexibility index (Phi) is 13.0. The van der Waals surface area contributed by atoms with E-state index in [1.807, 2.05) is 0 Å². The normalized spacial score (nSPS) is 12.3. The lowest BCUT2D eigenvalue weighted by atomic mass is 10.1. The standard InChI is InChI=1S/C27H34N4O8S4/c32-40(33)28-19-8-7-10-24-15-17-27(18-16-24)43(38,39)31(23-21-30-42(36,37)26-13-5-2-6-14-26)22-9-20-29-41(34,35)25-11-3-1-4-12-25/h1-6,11-18,29-30H,7-10,19-23H2. The van der Waals surface area contributed by atoms with Gasteiger partial charge in [0.05, 0.1) is 21.2 Å². The van der Waals surface area contributed by atoms with Gasteiger partial charge in [-0.3, -0.25) is 0 Å².